The minimum absolute atomic E-state index is 0.258. The molecular formula is C10H8BrFN2OS. The van der Waals surface area contributed by atoms with Crippen molar-refractivity contribution in [2.75, 3.05) is 0 Å². The zero-order valence-electron chi connectivity index (χ0n) is 8.41. The van der Waals surface area contributed by atoms with Gasteiger partial charge < -0.3 is 4.42 Å². The largest absolute Gasteiger partial charge is 0.416 e. The Bertz CT molecular complexity index is 483. The number of benzene rings is 1. The zero-order valence-corrected chi connectivity index (χ0v) is 10.8. The fourth-order valence-electron chi connectivity index (χ4n) is 1.18. The summed E-state index contributed by atoms with van der Waals surface area (Å²) in [7, 11) is 0. The van der Waals surface area contributed by atoms with Crippen LogP contribution in [-0.2, 0) is 5.75 Å². The Morgan fingerprint density at radius 3 is 2.81 bits per heavy atom. The van der Waals surface area contributed by atoms with E-state index in [-0.39, 0.29) is 5.82 Å². The van der Waals surface area contributed by atoms with Gasteiger partial charge in [0, 0.05) is 17.1 Å². The summed E-state index contributed by atoms with van der Waals surface area (Å²) in [6.07, 6.45) is 0. The molecule has 1 heterocycles. The fourth-order valence-corrected chi connectivity index (χ4v) is 2.42. The van der Waals surface area contributed by atoms with Crippen molar-refractivity contribution in [3.63, 3.8) is 0 Å². The summed E-state index contributed by atoms with van der Waals surface area (Å²) in [5.74, 6) is 0.868. The molecule has 0 unspecified atom stereocenters. The highest BCUT2D eigenvalue weighted by atomic mass is 79.9. The van der Waals surface area contributed by atoms with E-state index in [1.54, 1.807) is 6.92 Å². The van der Waals surface area contributed by atoms with Gasteiger partial charge in [-0.1, -0.05) is 27.7 Å². The first kappa shape index (κ1) is 11.6. The van der Waals surface area contributed by atoms with Crippen molar-refractivity contribution in [2.24, 2.45) is 0 Å². The molecule has 0 aliphatic carbocycles. The highest BCUT2D eigenvalue weighted by molar-refractivity contribution is 9.10. The summed E-state index contributed by atoms with van der Waals surface area (Å²) >= 11 is 4.63. The Balaban J connectivity index is 2.04. The number of nitrogens with zero attached hydrogens (tertiary/aromatic N) is 2. The molecule has 0 atom stereocenters. The van der Waals surface area contributed by atoms with Gasteiger partial charge in [-0.3, -0.25) is 0 Å². The van der Waals surface area contributed by atoms with E-state index in [0.717, 1.165) is 10.0 Å². The van der Waals surface area contributed by atoms with Gasteiger partial charge in [0.2, 0.25) is 5.89 Å². The van der Waals surface area contributed by atoms with Gasteiger partial charge in [-0.2, -0.15) is 0 Å². The van der Waals surface area contributed by atoms with Crippen LogP contribution >= 0.6 is 27.7 Å². The third kappa shape index (κ3) is 3.05. The van der Waals surface area contributed by atoms with E-state index in [9.17, 15) is 4.39 Å². The van der Waals surface area contributed by atoms with Gasteiger partial charge in [-0.05, 0) is 23.8 Å². The molecule has 84 valence electrons. The van der Waals surface area contributed by atoms with Crippen molar-refractivity contribution in [3.05, 3.63) is 39.9 Å². The van der Waals surface area contributed by atoms with Crippen LogP contribution < -0.4 is 0 Å². The molecule has 1 aromatic carbocycles. The Morgan fingerprint density at radius 2 is 2.19 bits per heavy atom. The third-order valence-corrected chi connectivity index (χ3v) is 3.14. The van der Waals surface area contributed by atoms with Crippen molar-refractivity contribution in [1.29, 1.82) is 0 Å². The normalized spacial score (nSPS) is 10.7. The van der Waals surface area contributed by atoms with Crippen LogP contribution in [-0.4, -0.2) is 10.2 Å². The molecule has 0 bridgehead atoms. The molecular weight excluding hydrogens is 295 g/mol. The van der Waals surface area contributed by atoms with Crippen LogP contribution in [0.1, 0.15) is 11.5 Å². The fraction of sp³-hybridized carbons (Fsp3) is 0.200. The molecule has 0 saturated heterocycles. The minimum Gasteiger partial charge on any atom is -0.416 e. The molecule has 0 aliphatic rings. The first-order chi connectivity index (χ1) is 7.63. The highest BCUT2D eigenvalue weighted by Gasteiger charge is 2.05. The predicted molar refractivity (Wildman–Crippen MR) is 62.7 cm³/mol. The monoisotopic (exact) mass is 302 g/mol. The summed E-state index contributed by atoms with van der Waals surface area (Å²) < 4.78 is 19.0. The van der Waals surface area contributed by atoms with Crippen LogP contribution in [0.15, 0.2) is 32.3 Å². The molecule has 3 nitrogen and oxygen atoms in total. The van der Waals surface area contributed by atoms with E-state index >= 15 is 0 Å². The lowest BCUT2D eigenvalue weighted by molar-refractivity contribution is 0.429. The van der Waals surface area contributed by atoms with Crippen LogP contribution in [0, 0.1) is 12.7 Å². The summed E-state index contributed by atoms with van der Waals surface area (Å²) in [4.78, 5) is 0. The van der Waals surface area contributed by atoms with Crippen LogP contribution in [0.5, 0.6) is 0 Å². The molecule has 0 spiro atoms. The number of hydrogen-bond acceptors (Lipinski definition) is 4. The van der Waals surface area contributed by atoms with Crippen LogP contribution in [0.3, 0.4) is 0 Å². The smallest absolute Gasteiger partial charge is 0.276 e. The molecule has 2 aromatic rings. The number of rotatable bonds is 3. The number of aryl methyl sites for hydroxylation is 1. The topological polar surface area (TPSA) is 38.9 Å². The van der Waals surface area contributed by atoms with Crippen molar-refractivity contribution < 1.29 is 8.81 Å². The second kappa shape index (κ2) is 4.97. The number of thioether (sulfide) groups is 1. The van der Waals surface area contributed by atoms with Crippen LogP contribution in [0.4, 0.5) is 4.39 Å². The summed E-state index contributed by atoms with van der Waals surface area (Å²) in [6, 6.07) is 4.77. The molecule has 0 fully saturated rings. The van der Waals surface area contributed by atoms with Crippen LogP contribution in [0.2, 0.25) is 0 Å². The van der Waals surface area contributed by atoms with Crippen molar-refractivity contribution in [1.82, 2.24) is 10.2 Å². The first-order valence-corrected chi connectivity index (χ1v) is 6.29. The maximum absolute atomic E-state index is 13.1. The first-order valence-electron chi connectivity index (χ1n) is 4.51. The van der Waals surface area contributed by atoms with E-state index in [1.165, 1.54) is 23.9 Å². The molecule has 2 rings (SSSR count). The molecule has 16 heavy (non-hydrogen) atoms. The molecule has 6 heteroatoms. The minimum atomic E-state index is -0.258. The Morgan fingerprint density at radius 1 is 1.38 bits per heavy atom. The van der Waals surface area contributed by atoms with Gasteiger partial charge in [0.25, 0.3) is 5.22 Å². The van der Waals surface area contributed by atoms with Gasteiger partial charge in [-0.15, -0.1) is 10.2 Å². The Hall–Kier alpha value is -0.880. The maximum atomic E-state index is 13.1. The quantitative estimate of drug-likeness (QED) is 0.813. The average molecular weight is 303 g/mol. The van der Waals surface area contributed by atoms with Gasteiger partial charge in [-0.25, -0.2) is 4.39 Å². The number of halogens is 2. The molecule has 0 N–H and O–H groups in total. The average Bonchev–Trinajstić information content (AvgIpc) is 2.60. The Kier molecular flexibility index (Phi) is 3.60. The van der Waals surface area contributed by atoms with E-state index in [2.05, 4.69) is 26.1 Å². The standard InChI is InChI=1S/C10H8BrFN2OS/c1-6-13-14-10(15-6)16-5-7-2-8(11)4-9(12)3-7/h2-4H,5H2,1H3. The van der Waals surface area contributed by atoms with Crippen molar-refractivity contribution in [3.8, 4) is 0 Å². The molecule has 0 amide bonds. The summed E-state index contributed by atoms with van der Waals surface area (Å²) in [5, 5.41) is 8.06. The maximum Gasteiger partial charge on any atom is 0.276 e. The highest BCUT2D eigenvalue weighted by Crippen LogP contribution is 2.23. The van der Waals surface area contributed by atoms with E-state index < -0.39 is 0 Å². The molecule has 0 saturated carbocycles. The molecule has 0 aliphatic heterocycles. The van der Waals surface area contributed by atoms with E-state index in [0.29, 0.717) is 16.9 Å². The van der Waals surface area contributed by atoms with Crippen LogP contribution in [0.25, 0.3) is 0 Å². The lowest BCUT2D eigenvalue weighted by atomic mass is 10.2. The van der Waals surface area contributed by atoms with E-state index in [4.69, 9.17) is 4.42 Å². The summed E-state index contributed by atoms with van der Waals surface area (Å²) in [6.45, 7) is 1.73. The van der Waals surface area contributed by atoms with Crippen molar-refractivity contribution >= 4 is 27.7 Å². The number of hydrogen-bond donors (Lipinski definition) is 0. The second-order valence-corrected chi connectivity index (χ2v) is 5.00. The second-order valence-electron chi connectivity index (χ2n) is 3.15. The number of aromatic nitrogens is 2. The lowest BCUT2D eigenvalue weighted by Gasteiger charge is -2.00. The van der Waals surface area contributed by atoms with Gasteiger partial charge in [0.05, 0.1) is 0 Å². The lowest BCUT2D eigenvalue weighted by Crippen LogP contribution is -1.84. The molecule has 0 radical (unpaired) electrons. The van der Waals surface area contributed by atoms with Gasteiger partial charge >= 0.3 is 0 Å². The SMILES string of the molecule is Cc1nnc(SCc2cc(F)cc(Br)c2)o1. The van der Waals surface area contributed by atoms with E-state index in [1.807, 2.05) is 6.07 Å². The molecule has 1 aromatic heterocycles. The van der Waals surface area contributed by atoms with Crippen molar-refractivity contribution in [2.45, 2.75) is 17.9 Å². The predicted octanol–water partition coefficient (Wildman–Crippen LogP) is 3.57. The van der Waals surface area contributed by atoms with Gasteiger partial charge in [0.15, 0.2) is 0 Å². The summed E-state index contributed by atoms with van der Waals surface area (Å²) in [5.41, 5.74) is 0.868. The Labute approximate surface area is 105 Å². The van der Waals surface area contributed by atoms with Gasteiger partial charge in [0.1, 0.15) is 5.82 Å². The third-order valence-electron chi connectivity index (χ3n) is 1.79. The zero-order chi connectivity index (χ0) is 11.5.